The number of anilines is 1. The van der Waals surface area contributed by atoms with E-state index in [2.05, 4.69) is 16.3 Å². The van der Waals surface area contributed by atoms with Gasteiger partial charge < -0.3 is 15.0 Å². The number of nitrogens with zero attached hydrogens (tertiary/aromatic N) is 1. The molecule has 0 aromatic heterocycles. The molecule has 0 spiro atoms. The van der Waals surface area contributed by atoms with E-state index in [4.69, 9.17) is 4.74 Å². The Morgan fingerprint density at radius 1 is 1.21 bits per heavy atom. The van der Waals surface area contributed by atoms with E-state index in [-0.39, 0.29) is 18.0 Å². The van der Waals surface area contributed by atoms with Crippen LogP contribution in [0.2, 0.25) is 0 Å². The molecule has 3 rings (SSSR count). The van der Waals surface area contributed by atoms with Crippen LogP contribution in [0.5, 0.6) is 0 Å². The number of piperidine rings is 1. The van der Waals surface area contributed by atoms with Crippen molar-refractivity contribution in [3.63, 3.8) is 0 Å². The first-order valence-electron chi connectivity index (χ1n) is 8.86. The third-order valence-corrected chi connectivity index (χ3v) is 4.57. The fourth-order valence-electron chi connectivity index (χ4n) is 3.31. The summed E-state index contributed by atoms with van der Waals surface area (Å²) in [6.45, 7) is 7.06. The van der Waals surface area contributed by atoms with Crippen molar-refractivity contribution in [2.24, 2.45) is 0 Å². The van der Waals surface area contributed by atoms with Gasteiger partial charge in [-0.3, -0.25) is 0 Å². The SMILES string of the molecule is CC(C)(C)OC(=O)NC1CCN(c2c(F)cccc2C2CC2)CC1. The van der Waals surface area contributed by atoms with Gasteiger partial charge in [0.05, 0.1) is 5.69 Å². The van der Waals surface area contributed by atoms with E-state index in [1.165, 1.54) is 0 Å². The molecule has 1 aromatic rings. The number of carbonyl (C=O) groups is 1. The molecule has 2 aliphatic rings. The first-order chi connectivity index (χ1) is 11.3. The quantitative estimate of drug-likeness (QED) is 0.901. The topological polar surface area (TPSA) is 41.6 Å². The highest BCUT2D eigenvalue weighted by atomic mass is 19.1. The molecule has 1 heterocycles. The van der Waals surface area contributed by atoms with Crippen molar-refractivity contribution in [1.29, 1.82) is 0 Å². The van der Waals surface area contributed by atoms with E-state index in [0.29, 0.717) is 5.92 Å². The highest BCUT2D eigenvalue weighted by Crippen LogP contribution is 2.45. The summed E-state index contributed by atoms with van der Waals surface area (Å²) in [6, 6.07) is 5.50. The Kier molecular flexibility index (Phi) is 4.70. The molecule has 4 nitrogen and oxygen atoms in total. The second kappa shape index (κ2) is 6.61. The molecule has 132 valence electrons. The number of hydrogen-bond donors (Lipinski definition) is 1. The van der Waals surface area contributed by atoms with E-state index in [1.54, 1.807) is 6.07 Å². The van der Waals surface area contributed by atoms with Crippen LogP contribution in [0, 0.1) is 5.82 Å². The van der Waals surface area contributed by atoms with Crippen LogP contribution >= 0.6 is 0 Å². The van der Waals surface area contributed by atoms with Crippen LogP contribution in [-0.2, 0) is 4.74 Å². The van der Waals surface area contributed by atoms with Gasteiger partial charge in [0.25, 0.3) is 0 Å². The Morgan fingerprint density at radius 3 is 2.46 bits per heavy atom. The van der Waals surface area contributed by atoms with Crippen molar-refractivity contribution in [3.05, 3.63) is 29.6 Å². The van der Waals surface area contributed by atoms with Gasteiger partial charge in [-0.05, 0) is 64.0 Å². The summed E-state index contributed by atoms with van der Waals surface area (Å²) >= 11 is 0. The van der Waals surface area contributed by atoms with Crippen LogP contribution in [0.25, 0.3) is 0 Å². The molecule has 1 aromatic carbocycles. The summed E-state index contributed by atoms with van der Waals surface area (Å²) in [5.41, 5.74) is 1.43. The monoisotopic (exact) mass is 334 g/mol. The Bertz CT molecular complexity index is 600. The van der Waals surface area contributed by atoms with Crippen LogP contribution in [0.4, 0.5) is 14.9 Å². The molecule has 1 amide bonds. The van der Waals surface area contributed by atoms with Crippen LogP contribution in [-0.4, -0.2) is 30.8 Å². The molecule has 1 aliphatic carbocycles. The van der Waals surface area contributed by atoms with Gasteiger partial charge in [0.2, 0.25) is 0 Å². The summed E-state index contributed by atoms with van der Waals surface area (Å²) in [7, 11) is 0. The Balaban J connectivity index is 1.59. The van der Waals surface area contributed by atoms with E-state index in [9.17, 15) is 9.18 Å². The normalized spacial score (nSPS) is 19.2. The molecule has 24 heavy (non-hydrogen) atoms. The number of rotatable bonds is 3. The zero-order valence-electron chi connectivity index (χ0n) is 14.8. The number of alkyl carbamates (subject to hydrolysis) is 1. The number of benzene rings is 1. The summed E-state index contributed by atoms with van der Waals surface area (Å²) < 4.78 is 19.7. The van der Waals surface area contributed by atoms with Gasteiger partial charge in [-0.2, -0.15) is 0 Å². The zero-order chi connectivity index (χ0) is 17.3. The molecular formula is C19H27FN2O2. The number of ether oxygens (including phenoxy) is 1. The fraction of sp³-hybridized carbons (Fsp3) is 0.632. The predicted molar refractivity (Wildman–Crippen MR) is 93.0 cm³/mol. The van der Waals surface area contributed by atoms with Gasteiger partial charge in [0, 0.05) is 19.1 Å². The highest BCUT2D eigenvalue weighted by molar-refractivity contribution is 5.68. The van der Waals surface area contributed by atoms with Crippen molar-refractivity contribution < 1.29 is 13.9 Å². The lowest BCUT2D eigenvalue weighted by atomic mass is 10.0. The lowest BCUT2D eigenvalue weighted by Crippen LogP contribution is -2.46. The molecule has 1 saturated heterocycles. The van der Waals surface area contributed by atoms with Gasteiger partial charge in [-0.15, -0.1) is 0 Å². The molecule has 2 fully saturated rings. The fourth-order valence-corrected chi connectivity index (χ4v) is 3.31. The van der Waals surface area contributed by atoms with Gasteiger partial charge in [0.15, 0.2) is 0 Å². The Hall–Kier alpha value is -1.78. The average Bonchev–Trinajstić information content (AvgIpc) is 3.30. The number of hydrogen-bond acceptors (Lipinski definition) is 3. The van der Waals surface area contributed by atoms with Crippen molar-refractivity contribution in [3.8, 4) is 0 Å². The molecule has 0 radical (unpaired) electrons. The largest absolute Gasteiger partial charge is 0.444 e. The number of para-hydroxylation sites is 1. The lowest BCUT2D eigenvalue weighted by molar-refractivity contribution is 0.0497. The minimum atomic E-state index is -0.489. The third-order valence-electron chi connectivity index (χ3n) is 4.57. The molecule has 1 N–H and O–H groups in total. The zero-order valence-corrected chi connectivity index (χ0v) is 14.8. The molecule has 0 unspecified atom stereocenters. The predicted octanol–water partition coefficient (Wildman–Crippen LogP) is 4.20. The van der Waals surface area contributed by atoms with Crippen molar-refractivity contribution in [2.45, 2.75) is 64.0 Å². The standard InChI is InChI=1S/C19H27FN2O2/c1-19(2,3)24-18(23)21-14-9-11-22(12-10-14)17-15(13-7-8-13)5-4-6-16(17)20/h4-6,13-14H,7-12H2,1-3H3,(H,21,23). The minimum absolute atomic E-state index is 0.0900. The summed E-state index contributed by atoms with van der Waals surface area (Å²) in [6.07, 6.45) is 3.56. The number of nitrogens with one attached hydrogen (secondary N) is 1. The van der Waals surface area contributed by atoms with Gasteiger partial charge >= 0.3 is 6.09 Å². The maximum atomic E-state index is 14.4. The van der Waals surface area contributed by atoms with Crippen LogP contribution in [0.1, 0.15) is 57.9 Å². The van der Waals surface area contributed by atoms with Crippen LogP contribution in [0.3, 0.4) is 0 Å². The average molecular weight is 334 g/mol. The molecule has 5 heteroatoms. The van der Waals surface area contributed by atoms with Crippen molar-refractivity contribution in [2.75, 3.05) is 18.0 Å². The summed E-state index contributed by atoms with van der Waals surface area (Å²) in [5.74, 6) is 0.395. The summed E-state index contributed by atoms with van der Waals surface area (Å²) in [4.78, 5) is 14.0. The second-order valence-electron chi connectivity index (χ2n) is 7.86. The number of halogens is 1. The number of amides is 1. The van der Waals surface area contributed by atoms with Crippen LogP contribution < -0.4 is 10.2 Å². The third kappa shape index (κ3) is 4.19. The number of carbonyl (C=O) groups excluding carboxylic acids is 1. The molecule has 0 atom stereocenters. The minimum Gasteiger partial charge on any atom is -0.444 e. The molecule has 1 aliphatic heterocycles. The lowest BCUT2D eigenvalue weighted by Gasteiger charge is -2.35. The molecule has 0 bridgehead atoms. The van der Waals surface area contributed by atoms with E-state index in [0.717, 1.165) is 50.0 Å². The molecular weight excluding hydrogens is 307 g/mol. The summed E-state index contributed by atoms with van der Waals surface area (Å²) in [5, 5.41) is 2.93. The van der Waals surface area contributed by atoms with Crippen molar-refractivity contribution >= 4 is 11.8 Å². The first kappa shape index (κ1) is 17.1. The van der Waals surface area contributed by atoms with E-state index in [1.807, 2.05) is 26.8 Å². The first-order valence-corrected chi connectivity index (χ1v) is 8.86. The van der Waals surface area contributed by atoms with Gasteiger partial charge in [-0.25, -0.2) is 9.18 Å². The second-order valence-corrected chi connectivity index (χ2v) is 7.86. The van der Waals surface area contributed by atoms with Gasteiger partial charge in [0.1, 0.15) is 11.4 Å². The van der Waals surface area contributed by atoms with E-state index < -0.39 is 5.60 Å². The Morgan fingerprint density at radius 2 is 1.88 bits per heavy atom. The van der Waals surface area contributed by atoms with Crippen molar-refractivity contribution in [1.82, 2.24) is 5.32 Å². The highest BCUT2D eigenvalue weighted by Gasteiger charge is 2.31. The van der Waals surface area contributed by atoms with Gasteiger partial charge in [-0.1, -0.05) is 12.1 Å². The smallest absolute Gasteiger partial charge is 0.407 e. The maximum Gasteiger partial charge on any atom is 0.407 e. The maximum absolute atomic E-state index is 14.4. The molecule has 1 saturated carbocycles. The van der Waals surface area contributed by atoms with Crippen LogP contribution in [0.15, 0.2) is 18.2 Å². The Labute approximate surface area is 143 Å². The van der Waals surface area contributed by atoms with E-state index >= 15 is 0 Å².